The van der Waals surface area contributed by atoms with Crippen LogP contribution in [0.4, 0.5) is 0 Å². The van der Waals surface area contributed by atoms with Gasteiger partial charge in [0.1, 0.15) is 0 Å². The molecule has 1 N–H and O–H groups in total. The third kappa shape index (κ3) is 2.57. The molecule has 2 fully saturated rings. The van der Waals surface area contributed by atoms with Crippen molar-refractivity contribution in [3.05, 3.63) is 0 Å². The Labute approximate surface area is 104 Å². The minimum atomic E-state index is -2.34. The molecule has 2 saturated heterocycles. The molecule has 0 aliphatic carbocycles. The molecule has 0 amide bonds. The Morgan fingerprint density at radius 3 is 2.94 bits per heavy atom. The van der Waals surface area contributed by atoms with Crippen LogP contribution in [0.15, 0.2) is 4.36 Å². The number of thiol groups is 1. The fourth-order valence-electron chi connectivity index (χ4n) is 2.75. The second kappa shape index (κ2) is 4.95. The summed E-state index contributed by atoms with van der Waals surface area (Å²) in [6.45, 7) is 0.473. The van der Waals surface area contributed by atoms with Gasteiger partial charge in [0.2, 0.25) is 0 Å². The molecule has 2 heterocycles. The van der Waals surface area contributed by atoms with Crippen molar-refractivity contribution >= 4 is 19.8 Å². The summed E-state index contributed by atoms with van der Waals surface area (Å²) in [5, 5.41) is 0.0235. The molecule has 0 aromatic carbocycles. The largest absolute Gasteiger partial charge is 0.375 e. The van der Waals surface area contributed by atoms with E-state index in [0.717, 1.165) is 18.6 Å². The zero-order valence-corrected chi connectivity index (χ0v) is 12.1. The standard InChI is InChI=1S/C10H22N2O3S2/c1-11-16(13)7-5-15-9(8-16)10-4-3-6-17(10,14)12-2/h9-10,17H,3-8H2,1-2H3,(H,12,14). The molecule has 0 saturated carbocycles. The highest BCUT2D eigenvalue weighted by Gasteiger charge is 2.40. The van der Waals surface area contributed by atoms with E-state index in [1.807, 2.05) is 0 Å². The van der Waals surface area contributed by atoms with Crippen molar-refractivity contribution in [1.82, 2.24) is 4.72 Å². The van der Waals surface area contributed by atoms with Gasteiger partial charge < -0.3 is 4.74 Å². The number of hydrogen-bond acceptors (Lipinski definition) is 4. The van der Waals surface area contributed by atoms with E-state index in [9.17, 15) is 8.42 Å². The summed E-state index contributed by atoms with van der Waals surface area (Å²) in [6, 6.07) is 0. The maximum Gasteiger partial charge on any atom is 0.0835 e. The van der Waals surface area contributed by atoms with Crippen LogP contribution in [0.2, 0.25) is 0 Å². The van der Waals surface area contributed by atoms with Crippen LogP contribution in [0.25, 0.3) is 0 Å². The smallest absolute Gasteiger partial charge is 0.0835 e. The molecule has 0 aromatic rings. The molecule has 102 valence electrons. The molecule has 0 spiro atoms. The molecule has 5 nitrogen and oxygen atoms in total. The van der Waals surface area contributed by atoms with E-state index in [1.54, 1.807) is 14.1 Å². The van der Waals surface area contributed by atoms with Crippen LogP contribution in [0.3, 0.4) is 0 Å². The monoisotopic (exact) mass is 282 g/mol. The van der Waals surface area contributed by atoms with Crippen LogP contribution in [0, 0.1) is 0 Å². The molecule has 0 radical (unpaired) electrons. The third-order valence-electron chi connectivity index (χ3n) is 3.83. The average molecular weight is 282 g/mol. The summed E-state index contributed by atoms with van der Waals surface area (Å²) >= 11 is 0. The second-order valence-corrected chi connectivity index (χ2v) is 10.5. The van der Waals surface area contributed by atoms with E-state index in [0.29, 0.717) is 18.1 Å². The van der Waals surface area contributed by atoms with Crippen LogP contribution in [0.5, 0.6) is 0 Å². The number of nitrogens with one attached hydrogen (secondary N) is 1. The SMILES string of the molecule is CN=S1(=O)CCOC(C2CCC[SH]2(=O)NC)C1. The molecular formula is C10H22N2O3S2. The van der Waals surface area contributed by atoms with E-state index in [2.05, 4.69) is 9.08 Å². The van der Waals surface area contributed by atoms with Gasteiger partial charge in [0.05, 0.1) is 39.2 Å². The average Bonchev–Trinajstić information content (AvgIpc) is 2.72. The van der Waals surface area contributed by atoms with Gasteiger partial charge in [-0.3, -0.25) is 8.93 Å². The Kier molecular flexibility index (Phi) is 3.92. The van der Waals surface area contributed by atoms with Crippen molar-refractivity contribution in [2.45, 2.75) is 24.2 Å². The minimum absolute atomic E-state index is 0.0235. The van der Waals surface area contributed by atoms with E-state index >= 15 is 0 Å². The normalized spacial score (nSPS) is 43.2. The maximum atomic E-state index is 12.6. The van der Waals surface area contributed by atoms with Crippen molar-refractivity contribution in [2.24, 2.45) is 4.36 Å². The minimum Gasteiger partial charge on any atom is -0.375 e. The fourth-order valence-corrected chi connectivity index (χ4v) is 7.45. The van der Waals surface area contributed by atoms with Crippen LogP contribution in [-0.4, -0.2) is 57.7 Å². The molecule has 0 bridgehead atoms. The van der Waals surface area contributed by atoms with Gasteiger partial charge in [-0.1, -0.05) is 10.1 Å². The van der Waals surface area contributed by atoms with E-state index in [-0.39, 0.29) is 11.4 Å². The van der Waals surface area contributed by atoms with Gasteiger partial charge in [-0.15, -0.1) is 0 Å². The Hall–Kier alpha value is 0.0200. The van der Waals surface area contributed by atoms with Gasteiger partial charge in [-0.25, -0.2) is 8.57 Å². The summed E-state index contributed by atoms with van der Waals surface area (Å²) < 4.78 is 37.6. The van der Waals surface area contributed by atoms with Crippen molar-refractivity contribution in [3.8, 4) is 0 Å². The zero-order valence-electron chi connectivity index (χ0n) is 10.4. The Balaban J connectivity index is 2.18. The lowest BCUT2D eigenvalue weighted by Gasteiger charge is -2.35. The summed E-state index contributed by atoms with van der Waals surface area (Å²) in [5.41, 5.74) is 0. The highest BCUT2D eigenvalue weighted by atomic mass is 32.3. The zero-order chi connectivity index (χ0) is 12.5. The number of ether oxygens (including phenoxy) is 1. The van der Waals surface area contributed by atoms with E-state index < -0.39 is 19.8 Å². The molecule has 2 aliphatic heterocycles. The van der Waals surface area contributed by atoms with Crippen molar-refractivity contribution in [1.29, 1.82) is 0 Å². The first kappa shape index (κ1) is 13.5. The van der Waals surface area contributed by atoms with E-state index in [4.69, 9.17) is 4.74 Å². The van der Waals surface area contributed by atoms with Gasteiger partial charge in [-0.2, -0.15) is 0 Å². The van der Waals surface area contributed by atoms with E-state index in [1.165, 1.54) is 0 Å². The molecule has 0 aromatic heterocycles. The molecule has 3 unspecified atom stereocenters. The highest BCUT2D eigenvalue weighted by Crippen LogP contribution is 2.30. The Morgan fingerprint density at radius 1 is 1.53 bits per heavy atom. The van der Waals surface area contributed by atoms with Gasteiger partial charge in [-0.05, 0) is 19.9 Å². The molecular weight excluding hydrogens is 260 g/mol. The van der Waals surface area contributed by atoms with Gasteiger partial charge in [0.15, 0.2) is 0 Å². The number of rotatable bonds is 2. The first-order valence-corrected chi connectivity index (χ1v) is 9.84. The predicted octanol–water partition coefficient (Wildman–Crippen LogP) is -0.203. The van der Waals surface area contributed by atoms with Crippen molar-refractivity contribution < 1.29 is 13.2 Å². The maximum absolute atomic E-state index is 12.6. The second-order valence-electron chi connectivity index (χ2n) is 4.69. The summed E-state index contributed by atoms with van der Waals surface area (Å²) in [6.07, 6.45) is 1.72. The van der Waals surface area contributed by atoms with Gasteiger partial charge >= 0.3 is 0 Å². The van der Waals surface area contributed by atoms with Crippen LogP contribution < -0.4 is 4.72 Å². The lowest BCUT2D eigenvalue weighted by Crippen LogP contribution is -2.49. The lowest BCUT2D eigenvalue weighted by atomic mass is 10.2. The summed E-state index contributed by atoms with van der Waals surface area (Å²) in [7, 11) is -1.10. The molecule has 2 rings (SSSR count). The topological polar surface area (TPSA) is 67.8 Å². The van der Waals surface area contributed by atoms with Crippen LogP contribution in [-0.2, 0) is 24.6 Å². The summed E-state index contributed by atoms with van der Waals surface area (Å²) in [5.74, 6) is 1.69. The van der Waals surface area contributed by atoms with Gasteiger partial charge in [0.25, 0.3) is 0 Å². The lowest BCUT2D eigenvalue weighted by molar-refractivity contribution is 0.0697. The van der Waals surface area contributed by atoms with Crippen molar-refractivity contribution in [2.75, 3.05) is 38.0 Å². The van der Waals surface area contributed by atoms with Crippen molar-refractivity contribution in [3.63, 3.8) is 0 Å². The number of hydrogen-bond donors (Lipinski definition) is 2. The Morgan fingerprint density at radius 2 is 2.29 bits per heavy atom. The molecule has 17 heavy (non-hydrogen) atoms. The van der Waals surface area contributed by atoms with Gasteiger partial charge in [0, 0.05) is 12.8 Å². The molecule has 7 heteroatoms. The molecule has 2 aliphatic rings. The third-order valence-corrected chi connectivity index (χ3v) is 9.54. The fraction of sp³-hybridized carbons (Fsp3) is 1.00. The summed E-state index contributed by atoms with van der Waals surface area (Å²) in [4.78, 5) is 0. The Bertz CT molecular complexity index is 443. The predicted molar refractivity (Wildman–Crippen MR) is 72.5 cm³/mol. The highest BCUT2D eigenvalue weighted by molar-refractivity contribution is 8.02. The number of nitrogens with zero attached hydrogens (tertiary/aromatic N) is 1. The quantitative estimate of drug-likeness (QED) is 0.689. The first-order chi connectivity index (χ1) is 8.03. The van der Waals surface area contributed by atoms with Crippen LogP contribution in [0.1, 0.15) is 12.8 Å². The molecule has 3 atom stereocenters. The van der Waals surface area contributed by atoms with Crippen LogP contribution >= 0.6 is 0 Å². The first-order valence-electron chi connectivity index (χ1n) is 6.03.